The predicted molar refractivity (Wildman–Crippen MR) is 70.0 cm³/mol. The Hall–Kier alpha value is -0.780. The smallest absolute Gasteiger partial charge is 0.239 e. The fourth-order valence-corrected chi connectivity index (χ4v) is 3.47. The van der Waals surface area contributed by atoms with Gasteiger partial charge in [0.1, 0.15) is 0 Å². The molecule has 0 amide bonds. The molecule has 0 radical (unpaired) electrons. The number of hydrogen-bond donors (Lipinski definition) is 1. The Kier molecular flexibility index (Phi) is 3.61. The summed E-state index contributed by atoms with van der Waals surface area (Å²) < 4.78 is 26.0. The lowest BCUT2D eigenvalue weighted by molar-refractivity contribution is 0.581. The van der Waals surface area contributed by atoms with E-state index in [9.17, 15) is 8.42 Å². The number of anilines is 1. The second kappa shape index (κ2) is 4.84. The van der Waals surface area contributed by atoms with E-state index >= 15 is 0 Å². The molecule has 1 aromatic carbocycles. The van der Waals surface area contributed by atoms with Crippen LogP contribution in [0.2, 0.25) is 5.02 Å². The molecule has 2 rings (SSSR count). The maximum atomic E-state index is 12.3. The van der Waals surface area contributed by atoms with E-state index in [1.54, 1.807) is 31.2 Å². The number of nitrogens with one attached hydrogen (secondary N) is 1. The van der Waals surface area contributed by atoms with Crippen molar-refractivity contribution in [2.24, 2.45) is 0 Å². The molecule has 0 saturated carbocycles. The van der Waals surface area contributed by atoms with Gasteiger partial charge >= 0.3 is 0 Å². The van der Waals surface area contributed by atoms with Crippen LogP contribution in [-0.2, 0) is 10.0 Å². The van der Waals surface area contributed by atoms with Crippen molar-refractivity contribution in [2.45, 2.75) is 12.2 Å². The van der Waals surface area contributed by atoms with E-state index in [1.165, 1.54) is 4.31 Å². The van der Waals surface area contributed by atoms with Crippen LogP contribution in [0.5, 0.6) is 0 Å². The molecular weight excluding hydrogens is 260 g/mol. The van der Waals surface area contributed by atoms with E-state index in [-0.39, 0.29) is 0 Å². The van der Waals surface area contributed by atoms with Crippen molar-refractivity contribution >= 4 is 27.3 Å². The van der Waals surface area contributed by atoms with Crippen LogP contribution in [0.25, 0.3) is 0 Å². The van der Waals surface area contributed by atoms with Gasteiger partial charge in [-0.15, -0.1) is 0 Å². The first-order chi connectivity index (χ1) is 8.01. The van der Waals surface area contributed by atoms with Gasteiger partial charge in [-0.2, -0.15) is 0 Å². The van der Waals surface area contributed by atoms with Crippen LogP contribution >= 0.6 is 11.6 Å². The quantitative estimate of drug-likeness (QED) is 0.844. The van der Waals surface area contributed by atoms with Gasteiger partial charge in [-0.1, -0.05) is 11.6 Å². The average molecular weight is 275 g/mol. The summed E-state index contributed by atoms with van der Waals surface area (Å²) in [7, 11) is -3.28. The maximum absolute atomic E-state index is 12.3. The molecule has 0 spiro atoms. The molecule has 0 bridgehead atoms. The number of nitrogens with zero attached hydrogens (tertiary/aromatic N) is 1. The van der Waals surface area contributed by atoms with Crippen molar-refractivity contribution in [3.8, 4) is 0 Å². The third-order valence-electron chi connectivity index (χ3n) is 2.85. The maximum Gasteiger partial charge on any atom is 0.239 e. The first kappa shape index (κ1) is 12.7. The summed E-state index contributed by atoms with van der Waals surface area (Å²) >= 11 is 5.80. The summed E-state index contributed by atoms with van der Waals surface area (Å²) in [6, 6.07) is 6.88. The Bertz CT molecular complexity index is 487. The van der Waals surface area contributed by atoms with Crippen LogP contribution in [-0.4, -0.2) is 33.3 Å². The van der Waals surface area contributed by atoms with Gasteiger partial charge < -0.3 is 5.32 Å². The molecule has 94 valence electrons. The van der Waals surface area contributed by atoms with E-state index in [2.05, 4.69) is 5.32 Å². The third kappa shape index (κ3) is 2.56. The monoisotopic (exact) mass is 274 g/mol. The molecule has 17 heavy (non-hydrogen) atoms. The number of sulfonamides is 1. The zero-order valence-corrected chi connectivity index (χ0v) is 11.1. The standard InChI is InChI=1S/C11H15ClN2O2S/c1-9-8-13-6-7-14(17(9,15)16)11-4-2-10(12)3-5-11/h2-5,9,13H,6-8H2,1H3. The first-order valence-corrected chi connectivity index (χ1v) is 7.38. The summed E-state index contributed by atoms with van der Waals surface area (Å²) in [4.78, 5) is 0. The molecule has 1 aromatic rings. The Balaban J connectivity index is 2.38. The minimum Gasteiger partial charge on any atom is -0.314 e. The highest BCUT2D eigenvalue weighted by Crippen LogP contribution is 2.23. The van der Waals surface area contributed by atoms with Crippen LogP contribution in [0.15, 0.2) is 24.3 Å². The largest absolute Gasteiger partial charge is 0.314 e. The summed E-state index contributed by atoms with van der Waals surface area (Å²) in [6.07, 6.45) is 0. The second-order valence-corrected chi connectivity index (χ2v) is 6.82. The lowest BCUT2D eigenvalue weighted by Gasteiger charge is -2.24. The van der Waals surface area contributed by atoms with Crippen molar-refractivity contribution in [3.63, 3.8) is 0 Å². The van der Waals surface area contributed by atoms with Crippen molar-refractivity contribution < 1.29 is 8.42 Å². The SMILES string of the molecule is CC1CNCCN(c2ccc(Cl)cc2)S1(=O)=O. The Labute approximate surface area is 107 Å². The summed E-state index contributed by atoms with van der Waals surface area (Å²) in [5.41, 5.74) is 0.671. The molecule has 1 saturated heterocycles. The number of halogens is 1. The molecule has 1 N–H and O–H groups in total. The molecule has 1 unspecified atom stereocenters. The van der Waals surface area contributed by atoms with E-state index in [0.717, 1.165) is 0 Å². The molecule has 0 aromatic heterocycles. The molecule has 1 fully saturated rings. The highest BCUT2D eigenvalue weighted by atomic mass is 35.5. The molecular formula is C11H15ClN2O2S. The van der Waals surface area contributed by atoms with Gasteiger partial charge in [-0.25, -0.2) is 8.42 Å². The van der Waals surface area contributed by atoms with Crippen molar-refractivity contribution in [2.75, 3.05) is 23.9 Å². The average Bonchev–Trinajstić information content (AvgIpc) is 2.41. The molecule has 1 atom stereocenters. The van der Waals surface area contributed by atoms with Crippen molar-refractivity contribution in [1.29, 1.82) is 0 Å². The van der Waals surface area contributed by atoms with Crippen LogP contribution in [0.1, 0.15) is 6.92 Å². The van der Waals surface area contributed by atoms with Crippen LogP contribution < -0.4 is 9.62 Å². The topological polar surface area (TPSA) is 49.4 Å². The van der Waals surface area contributed by atoms with Gasteiger partial charge in [-0.3, -0.25) is 4.31 Å². The molecule has 1 heterocycles. The molecule has 6 heteroatoms. The lowest BCUT2D eigenvalue weighted by Crippen LogP contribution is -2.37. The summed E-state index contributed by atoms with van der Waals surface area (Å²) in [5.74, 6) is 0. The van der Waals surface area contributed by atoms with Gasteiger partial charge in [0.25, 0.3) is 0 Å². The molecule has 4 nitrogen and oxygen atoms in total. The minimum absolute atomic E-state index is 0.416. The van der Waals surface area contributed by atoms with Crippen molar-refractivity contribution in [3.05, 3.63) is 29.3 Å². The third-order valence-corrected chi connectivity index (χ3v) is 5.30. The van der Waals surface area contributed by atoms with Gasteiger partial charge in [0.2, 0.25) is 10.0 Å². The minimum atomic E-state index is -3.28. The van der Waals surface area contributed by atoms with Crippen molar-refractivity contribution in [1.82, 2.24) is 5.32 Å². The summed E-state index contributed by atoms with van der Waals surface area (Å²) in [6.45, 7) is 3.32. The normalized spacial score (nSPS) is 24.4. The Morgan fingerprint density at radius 2 is 2.00 bits per heavy atom. The van der Waals surface area contributed by atoms with E-state index in [4.69, 9.17) is 11.6 Å². The van der Waals surface area contributed by atoms with E-state index in [0.29, 0.717) is 30.3 Å². The Morgan fingerprint density at radius 3 is 2.65 bits per heavy atom. The lowest BCUT2D eigenvalue weighted by atomic mass is 10.3. The van der Waals surface area contributed by atoms with Gasteiger partial charge in [-0.05, 0) is 31.2 Å². The second-order valence-electron chi connectivity index (χ2n) is 4.11. The first-order valence-electron chi connectivity index (χ1n) is 5.49. The number of hydrogen-bond acceptors (Lipinski definition) is 3. The predicted octanol–water partition coefficient (Wildman–Crippen LogP) is 1.47. The Morgan fingerprint density at radius 1 is 1.35 bits per heavy atom. The summed E-state index contributed by atoms with van der Waals surface area (Å²) in [5, 5.41) is 3.30. The van der Waals surface area contributed by atoms with Crippen LogP contribution in [0.3, 0.4) is 0 Å². The zero-order valence-electron chi connectivity index (χ0n) is 9.56. The number of benzene rings is 1. The van der Waals surface area contributed by atoms with Gasteiger partial charge in [0, 0.05) is 24.7 Å². The van der Waals surface area contributed by atoms with Gasteiger partial charge in [0.05, 0.1) is 10.9 Å². The van der Waals surface area contributed by atoms with Crippen LogP contribution in [0.4, 0.5) is 5.69 Å². The molecule has 1 aliphatic heterocycles. The fourth-order valence-electron chi connectivity index (χ4n) is 1.82. The fraction of sp³-hybridized carbons (Fsp3) is 0.455. The molecule has 0 aliphatic carbocycles. The van der Waals surface area contributed by atoms with E-state index in [1.807, 2.05) is 0 Å². The highest BCUT2D eigenvalue weighted by molar-refractivity contribution is 7.93. The van der Waals surface area contributed by atoms with E-state index < -0.39 is 15.3 Å². The zero-order chi connectivity index (χ0) is 12.5. The highest BCUT2D eigenvalue weighted by Gasteiger charge is 2.30. The van der Waals surface area contributed by atoms with Gasteiger partial charge in [0.15, 0.2) is 0 Å². The molecule has 1 aliphatic rings. The number of rotatable bonds is 1. The van der Waals surface area contributed by atoms with Crippen LogP contribution in [0, 0.1) is 0 Å².